The molecular formula is C16H17N3O. The minimum Gasteiger partial charge on any atom is -0.320 e. The van der Waals surface area contributed by atoms with Crippen molar-refractivity contribution in [1.29, 1.82) is 0 Å². The number of aryl methyl sites for hydroxylation is 2. The Morgan fingerprint density at radius 1 is 1.00 bits per heavy atom. The van der Waals surface area contributed by atoms with Crippen LogP contribution in [0.3, 0.4) is 0 Å². The smallest absolute Gasteiger partial charge is 0.320 e. The number of nitrogens with two attached hydrogens (primary N) is 1. The summed E-state index contributed by atoms with van der Waals surface area (Å²) in [7, 11) is 0. The third-order valence-corrected chi connectivity index (χ3v) is 3.66. The molecule has 0 saturated heterocycles. The zero-order valence-corrected chi connectivity index (χ0v) is 11.5. The molecule has 0 amide bonds. The molecule has 0 bridgehead atoms. The minimum atomic E-state index is -0.197. The molecule has 0 saturated carbocycles. The topological polar surface area (TPSA) is 74.7 Å². The van der Waals surface area contributed by atoms with Crippen molar-refractivity contribution in [3.05, 3.63) is 69.1 Å². The predicted molar refractivity (Wildman–Crippen MR) is 80.9 cm³/mol. The highest BCUT2D eigenvalue weighted by molar-refractivity contribution is 5.75. The van der Waals surface area contributed by atoms with E-state index >= 15 is 0 Å². The summed E-state index contributed by atoms with van der Waals surface area (Å²) in [6.45, 7) is 4.14. The van der Waals surface area contributed by atoms with Crippen LogP contribution in [0.1, 0.15) is 28.3 Å². The van der Waals surface area contributed by atoms with E-state index in [2.05, 4.69) is 42.0 Å². The van der Waals surface area contributed by atoms with Crippen molar-refractivity contribution >= 4 is 11.0 Å². The molecule has 3 aromatic rings. The number of benzene rings is 2. The first-order valence-corrected chi connectivity index (χ1v) is 6.59. The fraction of sp³-hybridized carbons (Fsp3) is 0.188. The Morgan fingerprint density at radius 2 is 1.75 bits per heavy atom. The van der Waals surface area contributed by atoms with Gasteiger partial charge in [0, 0.05) is 0 Å². The van der Waals surface area contributed by atoms with Gasteiger partial charge in [-0.15, -0.1) is 0 Å². The molecule has 102 valence electrons. The highest BCUT2D eigenvalue weighted by atomic mass is 16.1. The summed E-state index contributed by atoms with van der Waals surface area (Å²) in [5.74, 6) is 0. The van der Waals surface area contributed by atoms with E-state index in [0.29, 0.717) is 0 Å². The van der Waals surface area contributed by atoms with Crippen LogP contribution in [0.25, 0.3) is 11.0 Å². The Hall–Kier alpha value is -2.33. The zero-order valence-electron chi connectivity index (χ0n) is 11.5. The number of H-pyrrole nitrogens is 2. The Morgan fingerprint density at radius 3 is 2.50 bits per heavy atom. The zero-order chi connectivity index (χ0) is 14.3. The van der Waals surface area contributed by atoms with Gasteiger partial charge in [0.25, 0.3) is 0 Å². The Bertz CT molecular complexity index is 829. The van der Waals surface area contributed by atoms with Crippen LogP contribution < -0.4 is 11.4 Å². The highest BCUT2D eigenvalue weighted by Crippen LogP contribution is 2.25. The van der Waals surface area contributed by atoms with Crippen LogP contribution in [0, 0.1) is 13.8 Å². The summed E-state index contributed by atoms with van der Waals surface area (Å²) in [6, 6.07) is 11.8. The molecule has 1 atom stereocenters. The predicted octanol–water partition coefficient (Wildman–Crippen LogP) is 2.52. The molecule has 4 heteroatoms. The van der Waals surface area contributed by atoms with E-state index in [1.807, 2.05) is 18.2 Å². The molecule has 4 N–H and O–H groups in total. The van der Waals surface area contributed by atoms with Crippen molar-refractivity contribution in [2.24, 2.45) is 5.73 Å². The van der Waals surface area contributed by atoms with Crippen molar-refractivity contribution in [1.82, 2.24) is 9.97 Å². The molecule has 1 unspecified atom stereocenters. The molecule has 0 spiro atoms. The van der Waals surface area contributed by atoms with Crippen molar-refractivity contribution < 1.29 is 0 Å². The van der Waals surface area contributed by atoms with E-state index in [-0.39, 0.29) is 11.7 Å². The van der Waals surface area contributed by atoms with Gasteiger partial charge < -0.3 is 15.7 Å². The van der Waals surface area contributed by atoms with Gasteiger partial charge in [-0.3, -0.25) is 0 Å². The maximum atomic E-state index is 11.3. The average Bonchev–Trinajstić information content (AvgIpc) is 2.77. The summed E-state index contributed by atoms with van der Waals surface area (Å²) in [6.07, 6.45) is 0. The molecule has 2 aromatic carbocycles. The number of rotatable bonds is 2. The lowest BCUT2D eigenvalue weighted by Gasteiger charge is -2.16. The second-order valence-corrected chi connectivity index (χ2v) is 5.22. The second-order valence-electron chi connectivity index (χ2n) is 5.22. The fourth-order valence-corrected chi connectivity index (χ4v) is 2.60. The molecule has 0 aliphatic carbocycles. The summed E-state index contributed by atoms with van der Waals surface area (Å²) in [5.41, 5.74) is 12.2. The SMILES string of the molecule is Cc1ccc(C(N)c2ccc3[nH]c(=O)[nH]c3c2)c(C)c1. The number of imidazole rings is 1. The Labute approximate surface area is 116 Å². The number of fused-ring (bicyclic) bond motifs is 1. The molecule has 4 nitrogen and oxygen atoms in total. The van der Waals surface area contributed by atoms with E-state index in [1.54, 1.807) is 0 Å². The molecule has 20 heavy (non-hydrogen) atoms. The molecule has 0 aliphatic heterocycles. The third-order valence-electron chi connectivity index (χ3n) is 3.66. The molecule has 3 rings (SSSR count). The van der Waals surface area contributed by atoms with E-state index in [0.717, 1.165) is 22.2 Å². The van der Waals surface area contributed by atoms with Gasteiger partial charge in [-0.25, -0.2) is 4.79 Å². The third kappa shape index (κ3) is 2.14. The normalized spacial score (nSPS) is 12.8. The lowest BCUT2D eigenvalue weighted by atomic mass is 9.94. The maximum absolute atomic E-state index is 11.3. The van der Waals surface area contributed by atoms with E-state index < -0.39 is 0 Å². The summed E-state index contributed by atoms with van der Waals surface area (Å²) in [4.78, 5) is 16.8. The molecule has 0 fully saturated rings. The number of hydrogen-bond acceptors (Lipinski definition) is 2. The van der Waals surface area contributed by atoms with Crippen LogP contribution in [0.2, 0.25) is 0 Å². The lowest BCUT2D eigenvalue weighted by Crippen LogP contribution is -2.13. The van der Waals surface area contributed by atoms with Gasteiger partial charge in [-0.1, -0.05) is 29.8 Å². The van der Waals surface area contributed by atoms with Crippen LogP contribution in [-0.4, -0.2) is 9.97 Å². The monoisotopic (exact) mass is 267 g/mol. The highest BCUT2D eigenvalue weighted by Gasteiger charge is 2.12. The van der Waals surface area contributed by atoms with Crippen LogP contribution in [-0.2, 0) is 0 Å². The van der Waals surface area contributed by atoms with Gasteiger partial charge in [-0.2, -0.15) is 0 Å². The quantitative estimate of drug-likeness (QED) is 0.667. The van der Waals surface area contributed by atoms with Gasteiger partial charge >= 0.3 is 5.69 Å². The van der Waals surface area contributed by atoms with Crippen LogP contribution in [0.5, 0.6) is 0 Å². The number of hydrogen-bond donors (Lipinski definition) is 3. The molecule has 1 heterocycles. The van der Waals surface area contributed by atoms with Gasteiger partial charge in [0.2, 0.25) is 0 Å². The van der Waals surface area contributed by atoms with Gasteiger partial charge in [0.05, 0.1) is 17.1 Å². The standard InChI is InChI=1S/C16H17N3O/c1-9-3-5-12(10(2)7-9)15(17)11-4-6-13-14(8-11)19-16(20)18-13/h3-8,15H,17H2,1-2H3,(H2,18,19,20). The molecular weight excluding hydrogens is 250 g/mol. The van der Waals surface area contributed by atoms with Crippen LogP contribution in [0.4, 0.5) is 0 Å². The molecule has 0 aliphatic rings. The summed E-state index contributed by atoms with van der Waals surface area (Å²) < 4.78 is 0. The minimum absolute atomic E-state index is 0.196. The Balaban J connectivity index is 2.06. The maximum Gasteiger partial charge on any atom is 0.323 e. The first kappa shape index (κ1) is 12.7. The number of nitrogens with one attached hydrogen (secondary N) is 2. The average molecular weight is 267 g/mol. The van der Waals surface area contributed by atoms with Gasteiger partial charge in [-0.05, 0) is 42.7 Å². The largest absolute Gasteiger partial charge is 0.323 e. The van der Waals surface area contributed by atoms with Gasteiger partial charge in [0.1, 0.15) is 0 Å². The van der Waals surface area contributed by atoms with Crippen molar-refractivity contribution in [2.45, 2.75) is 19.9 Å². The van der Waals surface area contributed by atoms with Crippen molar-refractivity contribution in [2.75, 3.05) is 0 Å². The van der Waals surface area contributed by atoms with Crippen molar-refractivity contribution in [3.63, 3.8) is 0 Å². The van der Waals surface area contributed by atoms with E-state index in [4.69, 9.17) is 5.73 Å². The summed E-state index contributed by atoms with van der Waals surface area (Å²) in [5, 5.41) is 0. The van der Waals surface area contributed by atoms with E-state index in [9.17, 15) is 4.79 Å². The first-order valence-electron chi connectivity index (χ1n) is 6.59. The van der Waals surface area contributed by atoms with Gasteiger partial charge in [0.15, 0.2) is 0 Å². The first-order chi connectivity index (χ1) is 9.54. The van der Waals surface area contributed by atoms with Crippen LogP contribution in [0.15, 0.2) is 41.2 Å². The Kier molecular flexibility index (Phi) is 2.95. The van der Waals surface area contributed by atoms with E-state index in [1.165, 1.54) is 11.1 Å². The summed E-state index contributed by atoms with van der Waals surface area (Å²) >= 11 is 0. The fourth-order valence-electron chi connectivity index (χ4n) is 2.60. The molecule has 1 aromatic heterocycles. The number of aromatic nitrogens is 2. The second kappa shape index (κ2) is 4.65. The number of aromatic amines is 2. The molecule has 0 radical (unpaired) electrons. The van der Waals surface area contributed by atoms with Crippen LogP contribution >= 0.6 is 0 Å². The lowest BCUT2D eigenvalue weighted by molar-refractivity contribution is 0.862. The van der Waals surface area contributed by atoms with Crippen molar-refractivity contribution in [3.8, 4) is 0 Å².